The first kappa shape index (κ1) is 17.6. The maximum absolute atomic E-state index is 5.98. The Morgan fingerprint density at radius 3 is 2.33 bits per heavy atom. The maximum atomic E-state index is 5.98. The molecule has 0 radical (unpaired) electrons. The van der Waals surface area contributed by atoms with Gasteiger partial charge in [-0.25, -0.2) is 0 Å². The summed E-state index contributed by atoms with van der Waals surface area (Å²) in [5.41, 5.74) is 6.25. The van der Waals surface area contributed by atoms with E-state index in [0.29, 0.717) is 11.6 Å². The second kappa shape index (κ2) is 7.50. The number of nitrogens with two attached hydrogens (primary N) is 1. The van der Waals surface area contributed by atoms with Gasteiger partial charge in [0.2, 0.25) is 5.88 Å². The minimum Gasteiger partial charge on any atom is -0.470 e. The van der Waals surface area contributed by atoms with E-state index >= 15 is 0 Å². The van der Waals surface area contributed by atoms with Gasteiger partial charge in [-0.2, -0.15) is 4.98 Å². The van der Waals surface area contributed by atoms with E-state index in [1.54, 1.807) is 0 Å². The van der Waals surface area contributed by atoms with Crippen LogP contribution < -0.4 is 15.4 Å². The third-order valence-electron chi connectivity index (χ3n) is 2.91. The molecule has 5 nitrogen and oxygen atoms in total. The molecular formula is C16H30N4O. The fraction of sp³-hybridized carbons (Fsp3) is 0.688. The Kier molecular flexibility index (Phi) is 6.27. The zero-order valence-electron chi connectivity index (χ0n) is 14.3. The summed E-state index contributed by atoms with van der Waals surface area (Å²) in [5, 5.41) is 0. The molecule has 0 aliphatic heterocycles. The highest BCUT2D eigenvalue weighted by Gasteiger charge is 2.17. The minimum absolute atomic E-state index is 0.307. The Balaban J connectivity index is 2.95. The first-order chi connectivity index (χ1) is 9.73. The molecule has 0 amide bonds. The van der Waals surface area contributed by atoms with Crippen molar-refractivity contribution < 1.29 is 4.74 Å². The molecule has 1 heterocycles. The van der Waals surface area contributed by atoms with Crippen molar-refractivity contribution in [1.82, 2.24) is 9.88 Å². The molecule has 0 spiro atoms. The van der Waals surface area contributed by atoms with Gasteiger partial charge in [-0.1, -0.05) is 6.92 Å². The Labute approximate surface area is 129 Å². The minimum atomic E-state index is -0.307. The van der Waals surface area contributed by atoms with E-state index in [0.717, 1.165) is 31.9 Å². The van der Waals surface area contributed by atoms with Gasteiger partial charge in [0.15, 0.2) is 0 Å². The number of nitrogens with zero attached hydrogens (tertiary/aromatic N) is 3. The van der Waals surface area contributed by atoms with Gasteiger partial charge in [0.1, 0.15) is 11.4 Å². The summed E-state index contributed by atoms with van der Waals surface area (Å²) >= 11 is 0. The Bertz CT molecular complexity index is 440. The average Bonchev–Trinajstić information content (AvgIpc) is 2.35. The molecule has 0 fully saturated rings. The molecule has 5 heteroatoms. The summed E-state index contributed by atoms with van der Waals surface area (Å²) < 4.78 is 5.85. The van der Waals surface area contributed by atoms with Crippen molar-refractivity contribution in [3.05, 3.63) is 12.1 Å². The number of pyridine rings is 1. The Morgan fingerprint density at radius 1 is 1.14 bits per heavy atom. The van der Waals surface area contributed by atoms with Crippen LogP contribution in [0.2, 0.25) is 0 Å². The smallest absolute Gasteiger partial charge is 0.239 e. The van der Waals surface area contributed by atoms with Gasteiger partial charge in [0.25, 0.3) is 0 Å². The van der Waals surface area contributed by atoms with Gasteiger partial charge in [-0.05, 0) is 53.4 Å². The van der Waals surface area contributed by atoms with Crippen molar-refractivity contribution in [2.24, 2.45) is 0 Å². The molecule has 1 rings (SSSR count). The summed E-state index contributed by atoms with van der Waals surface area (Å²) in [6.45, 7) is 11.1. The van der Waals surface area contributed by atoms with Gasteiger partial charge >= 0.3 is 0 Å². The summed E-state index contributed by atoms with van der Waals surface area (Å²) in [6, 6.07) is 3.85. The lowest BCUT2D eigenvalue weighted by Crippen LogP contribution is -2.33. The third-order valence-corrected chi connectivity index (χ3v) is 2.91. The predicted octanol–water partition coefficient (Wildman–Crippen LogP) is 2.62. The number of rotatable bonds is 7. The Hall–Kier alpha value is -1.49. The predicted molar refractivity (Wildman–Crippen MR) is 90.1 cm³/mol. The zero-order chi connectivity index (χ0) is 16.0. The topological polar surface area (TPSA) is 54.6 Å². The standard InChI is InChI=1S/C16H30N4O/c1-7-10-20(12-11-19(5)6)14-9-8-13(17)15(18-14)21-16(2,3)4/h8-9H,7,10-12,17H2,1-6H3. The molecule has 0 bridgehead atoms. The van der Waals surface area contributed by atoms with Crippen LogP contribution in [0.5, 0.6) is 5.88 Å². The number of hydrogen-bond acceptors (Lipinski definition) is 5. The summed E-state index contributed by atoms with van der Waals surface area (Å²) in [6.07, 6.45) is 1.08. The molecule has 0 saturated heterocycles. The lowest BCUT2D eigenvalue weighted by molar-refractivity contribution is 0.125. The van der Waals surface area contributed by atoms with E-state index in [9.17, 15) is 0 Å². The quantitative estimate of drug-likeness (QED) is 0.838. The zero-order valence-corrected chi connectivity index (χ0v) is 14.3. The van der Waals surface area contributed by atoms with E-state index in [4.69, 9.17) is 10.5 Å². The molecule has 21 heavy (non-hydrogen) atoms. The highest BCUT2D eigenvalue weighted by Crippen LogP contribution is 2.26. The number of ether oxygens (including phenoxy) is 1. The first-order valence-electron chi connectivity index (χ1n) is 7.58. The number of anilines is 2. The van der Waals surface area contributed by atoms with Crippen LogP contribution in [0, 0.1) is 0 Å². The monoisotopic (exact) mass is 294 g/mol. The van der Waals surface area contributed by atoms with Crippen molar-refractivity contribution in [1.29, 1.82) is 0 Å². The fourth-order valence-corrected chi connectivity index (χ4v) is 1.92. The largest absolute Gasteiger partial charge is 0.470 e. The van der Waals surface area contributed by atoms with Crippen LogP contribution in [-0.4, -0.2) is 49.2 Å². The van der Waals surface area contributed by atoms with Gasteiger partial charge in [0.05, 0.1) is 5.69 Å². The van der Waals surface area contributed by atoms with Crippen LogP contribution in [0.1, 0.15) is 34.1 Å². The van der Waals surface area contributed by atoms with Crippen molar-refractivity contribution in [2.45, 2.75) is 39.7 Å². The molecule has 0 aliphatic rings. The van der Waals surface area contributed by atoms with E-state index in [2.05, 4.69) is 35.8 Å². The molecule has 0 atom stereocenters. The summed E-state index contributed by atoms with van der Waals surface area (Å²) in [5.74, 6) is 1.44. The molecule has 1 aromatic heterocycles. The van der Waals surface area contributed by atoms with E-state index in [-0.39, 0.29) is 5.60 Å². The SMILES string of the molecule is CCCN(CCN(C)C)c1ccc(N)c(OC(C)(C)C)n1. The number of likely N-dealkylation sites (N-methyl/N-ethyl adjacent to an activating group) is 1. The molecule has 2 N–H and O–H groups in total. The number of aromatic nitrogens is 1. The molecular weight excluding hydrogens is 264 g/mol. The molecule has 0 aliphatic carbocycles. The van der Waals surface area contributed by atoms with Gasteiger partial charge in [-0.15, -0.1) is 0 Å². The van der Waals surface area contributed by atoms with Crippen LogP contribution in [-0.2, 0) is 0 Å². The maximum Gasteiger partial charge on any atom is 0.239 e. The average molecular weight is 294 g/mol. The van der Waals surface area contributed by atoms with Crippen molar-refractivity contribution in [3.63, 3.8) is 0 Å². The first-order valence-corrected chi connectivity index (χ1v) is 7.58. The third kappa shape index (κ3) is 6.21. The van der Waals surface area contributed by atoms with Gasteiger partial charge in [-0.3, -0.25) is 0 Å². The van der Waals surface area contributed by atoms with Gasteiger partial charge < -0.3 is 20.3 Å². The normalized spacial score (nSPS) is 11.8. The lowest BCUT2D eigenvalue weighted by atomic mass is 10.2. The van der Waals surface area contributed by atoms with Crippen molar-refractivity contribution in [2.75, 3.05) is 44.4 Å². The van der Waals surface area contributed by atoms with Crippen LogP contribution in [0.15, 0.2) is 12.1 Å². The number of hydrogen-bond donors (Lipinski definition) is 1. The van der Waals surface area contributed by atoms with E-state index in [1.165, 1.54) is 0 Å². The van der Waals surface area contributed by atoms with Crippen LogP contribution in [0.25, 0.3) is 0 Å². The summed E-state index contributed by atoms with van der Waals surface area (Å²) in [7, 11) is 4.16. The highest BCUT2D eigenvalue weighted by molar-refractivity contribution is 5.54. The van der Waals surface area contributed by atoms with Crippen LogP contribution in [0.3, 0.4) is 0 Å². The van der Waals surface area contributed by atoms with Crippen LogP contribution >= 0.6 is 0 Å². The molecule has 1 aromatic rings. The van der Waals surface area contributed by atoms with E-state index < -0.39 is 0 Å². The Morgan fingerprint density at radius 2 is 1.81 bits per heavy atom. The number of nitrogen functional groups attached to an aromatic ring is 1. The second-order valence-corrected chi connectivity index (χ2v) is 6.57. The molecule has 120 valence electrons. The molecule has 0 saturated carbocycles. The lowest BCUT2D eigenvalue weighted by Gasteiger charge is -2.27. The molecule has 0 aromatic carbocycles. The van der Waals surface area contributed by atoms with Gasteiger partial charge in [0, 0.05) is 19.6 Å². The molecule has 0 unspecified atom stereocenters. The second-order valence-electron chi connectivity index (χ2n) is 6.57. The summed E-state index contributed by atoms with van der Waals surface area (Å²) in [4.78, 5) is 9.06. The highest BCUT2D eigenvalue weighted by atomic mass is 16.5. The van der Waals surface area contributed by atoms with E-state index in [1.807, 2.05) is 32.9 Å². The van der Waals surface area contributed by atoms with Crippen molar-refractivity contribution in [3.8, 4) is 5.88 Å². The fourth-order valence-electron chi connectivity index (χ4n) is 1.92. The van der Waals surface area contributed by atoms with Crippen molar-refractivity contribution >= 4 is 11.5 Å². The van der Waals surface area contributed by atoms with Crippen LogP contribution in [0.4, 0.5) is 11.5 Å².